The third-order valence-electron chi connectivity index (χ3n) is 2.91. The molecule has 1 aromatic carbocycles. The van der Waals surface area contributed by atoms with Crippen molar-refractivity contribution in [1.29, 1.82) is 0 Å². The highest BCUT2D eigenvalue weighted by Gasteiger charge is 2.14. The molecule has 0 aliphatic heterocycles. The molecule has 0 aliphatic carbocycles. The number of benzene rings is 1. The van der Waals surface area contributed by atoms with Crippen molar-refractivity contribution >= 4 is 11.7 Å². The van der Waals surface area contributed by atoms with Crippen LogP contribution in [0.4, 0.5) is 10.2 Å². The minimum Gasteiger partial charge on any atom is -0.369 e. The van der Waals surface area contributed by atoms with E-state index in [2.05, 4.69) is 15.3 Å². The first kappa shape index (κ1) is 14.9. The van der Waals surface area contributed by atoms with Crippen molar-refractivity contribution in [2.75, 3.05) is 18.9 Å². The van der Waals surface area contributed by atoms with Gasteiger partial charge >= 0.3 is 0 Å². The fourth-order valence-electron chi connectivity index (χ4n) is 1.84. The fourth-order valence-corrected chi connectivity index (χ4v) is 1.84. The molecule has 0 saturated heterocycles. The number of rotatable bonds is 5. The first-order valence-electron chi connectivity index (χ1n) is 6.66. The molecule has 0 spiro atoms. The van der Waals surface area contributed by atoms with Crippen LogP contribution in [0.5, 0.6) is 0 Å². The molecule has 0 atom stereocenters. The molecule has 5 nitrogen and oxygen atoms in total. The Labute approximate surface area is 122 Å². The summed E-state index contributed by atoms with van der Waals surface area (Å²) in [6, 6.07) is 6.05. The zero-order chi connectivity index (χ0) is 15.2. The predicted molar refractivity (Wildman–Crippen MR) is 78.4 cm³/mol. The summed E-state index contributed by atoms with van der Waals surface area (Å²) in [6.45, 7) is 3.08. The van der Waals surface area contributed by atoms with Crippen LogP contribution in [0.2, 0.25) is 0 Å². The Kier molecular flexibility index (Phi) is 4.81. The van der Waals surface area contributed by atoms with Gasteiger partial charge in [-0.25, -0.2) is 14.4 Å². The van der Waals surface area contributed by atoms with Crippen LogP contribution in [0.15, 0.2) is 36.7 Å². The van der Waals surface area contributed by atoms with Gasteiger partial charge in [-0.05, 0) is 24.6 Å². The number of anilines is 1. The SMILES string of the molecule is CCNc1cnc(C(=O)N(C)Cc2ccc(F)cc2)cn1. The van der Waals surface area contributed by atoms with E-state index in [4.69, 9.17) is 0 Å². The highest BCUT2D eigenvalue weighted by molar-refractivity contribution is 5.91. The molecule has 1 N–H and O–H groups in total. The van der Waals surface area contributed by atoms with Gasteiger partial charge < -0.3 is 10.2 Å². The number of aromatic nitrogens is 2. The van der Waals surface area contributed by atoms with Crippen molar-refractivity contribution in [1.82, 2.24) is 14.9 Å². The van der Waals surface area contributed by atoms with Gasteiger partial charge in [0.1, 0.15) is 17.3 Å². The number of hydrogen-bond acceptors (Lipinski definition) is 4. The van der Waals surface area contributed by atoms with Crippen LogP contribution in [0.1, 0.15) is 23.0 Å². The minimum atomic E-state index is -0.294. The van der Waals surface area contributed by atoms with Gasteiger partial charge in [-0.15, -0.1) is 0 Å². The Balaban J connectivity index is 2.02. The molecule has 0 radical (unpaired) electrons. The lowest BCUT2D eigenvalue weighted by Gasteiger charge is -2.16. The number of hydrogen-bond donors (Lipinski definition) is 1. The first-order valence-corrected chi connectivity index (χ1v) is 6.66. The van der Waals surface area contributed by atoms with Crippen LogP contribution in [0.25, 0.3) is 0 Å². The lowest BCUT2D eigenvalue weighted by Crippen LogP contribution is -2.27. The molecular formula is C15H17FN4O. The number of halogens is 1. The van der Waals surface area contributed by atoms with E-state index in [0.717, 1.165) is 12.1 Å². The van der Waals surface area contributed by atoms with Gasteiger partial charge in [-0.3, -0.25) is 4.79 Å². The zero-order valence-electron chi connectivity index (χ0n) is 12.0. The van der Waals surface area contributed by atoms with Gasteiger partial charge in [0.05, 0.1) is 12.4 Å². The summed E-state index contributed by atoms with van der Waals surface area (Å²) < 4.78 is 12.8. The maximum absolute atomic E-state index is 12.8. The number of nitrogens with one attached hydrogen (secondary N) is 1. The third-order valence-corrected chi connectivity index (χ3v) is 2.91. The molecule has 0 aliphatic rings. The van der Waals surface area contributed by atoms with Crippen molar-refractivity contribution < 1.29 is 9.18 Å². The number of carbonyl (C=O) groups is 1. The van der Waals surface area contributed by atoms with Gasteiger partial charge in [0.2, 0.25) is 0 Å². The van der Waals surface area contributed by atoms with E-state index in [1.165, 1.54) is 29.4 Å². The smallest absolute Gasteiger partial charge is 0.274 e. The van der Waals surface area contributed by atoms with Crippen LogP contribution in [-0.4, -0.2) is 34.4 Å². The van der Waals surface area contributed by atoms with Crippen LogP contribution in [0.3, 0.4) is 0 Å². The molecule has 0 fully saturated rings. The standard InChI is InChI=1S/C15H17FN4O/c1-3-17-14-9-18-13(8-19-14)15(21)20(2)10-11-4-6-12(16)7-5-11/h4-9H,3,10H2,1-2H3,(H,17,19). The summed E-state index contributed by atoms with van der Waals surface area (Å²) in [7, 11) is 1.67. The van der Waals surface area contributed by atoms with E-state index >= 15 is 0 Å². The molecule has 1 heterocycles. The van der Waals surface area contributed by atoms with Crippen molar-refractivity contribution in [2.45, 2.75) is 13.5 Å². The lowest BCUT2D eigenvalue weighted by molar-refractivity contribution is 0.0779. The molecule has 2 aromatic rings. The molecule has 21 heavy (non-hydrogen) atoms. The highest BCUT2D eigenvalue weighted by Crippen LogP contribution is 2.09. The van der Waals surface area contributed by atoms with Gasteiger partial charge in [0, 0.05) is 20.1 Å². The van der Waals surface area contributed by atoms with Crippen molar-refractivity contribution in [3.63, 3.8) is 0 Å². The molecule has 1 amide bonds. The first-order chi connectivity index (χ1) is 10.1. The summed E-state index contributed by atoms with van der Waals surface area (Å²) >= 11 is 0. The largest absolute Gasteiger partial charge is 0.369 e. The van der Waals surface area contributed by atoms with Gasteiger partial charge in [0.15, 0.2) is 0 Å². The molecule has 110 valence electrons. The second kappa shape index (κ2) is 6.78. The Bertz CT molecular complexity index is 598. The van der Waals surface area contributed by atoms with E-state index in [9.17, 15) is 9.18 Å². The molecule has 6 heteroatoms. The summed E-state index contributed by atoms with van der Waals surface area (Å²) in [5.41, 5.74) is 1.13. The van der Waals surface area contributed by atoms with Crippen LogP contribution in [-0.2, 0) is 6.54 Å². The van der Waals surface area contributed by atoms with Gasteiger partial charge in [-0.2, -0.15) is 0 Å². The zero-order valence-corrected chi connectivity index (χ0v) is 12.0. The maximum Gasteiger partial charge on any atom is 0.274 e. The van der Waals surface area contributed by atoms with E-state index in [1.54, 1.807) is 19.2 Å². The summed E-state index contributed by atoms with van der Waals surface area (Å²) in [5, 5.41) is 3.01. The average molecular weight is 288 g/mol. The molecule has 0 unspecified atom stereocenters. The van der Waals surface area contributed by atoms with Crippen LogP contribution < -0.4 is 5.32 Å². The monoisotopic (exact) mass is 288 g/mol. The quantitative estimate of drug-likeness (QED) is 0.917. The predicted octanol–water partition coefficient (Wildman–Crippen LogP) is 2.32. The number of nitrogens with zero attached hydrogens (tertiary/aromatic N) is 3. The Hall–Kier alpha value is -2.50. The van der Waals surface area contributed by atoms with Crippen LogP contribution in [0, 0.1) is 5.82 Å². The second-order valence-corrected chi connectivity index (χ2v) is 4.60. The maximum atomic E-state index is 12.8. The molecule has 0 saturated carbocycles. The lowest BCUT2D eigenvalue weighted by atomic mass is 10.2. The van der Waals surface area contributed by atoms with Gasteiger partial charge in [0.25, 0.3) is 5.91 Å². The topological polar surface area (TPSA) is 58.1 Å². The summed E-state index contributed by atoms with van der Waals surface area (Å²) in [4.78, 5) is 21.9. The Morgan fingerprint density at radius 3 is 2.52 bits per heavy atom. The van der Waals surface area contributed by atoms with Crippen molar-refractivity contribution in [3.8, 4) is 0 Å². The van der Waals surface area contributed by atoms with E-state index < -0.39 is 0 Å². The van der Waals surface area contributed by atoms with Crippen molar-refractivity contribution in [2.24, 2.45) is 0 Å². The fraction of sp³-hybridized carbons (Fsp3) is 0.267. The van der Waals surface area contributed by atoms with E-state index in [-0.39, 0.29) is 17.4 Å². The Morgan fingerprint density at radius 2 is 1.95 bits per heavy atom. The molecular weight excluding hydrogens is 271 g/mol. The number of amides is 1. The highest BCUT2D eigenvalue weighted by atomic mass is 19.1. The summed E-state index contributed by atoms with van der Waals surface area (Å²) in [5.74, 6) is 0.114. The summed E-state index contributed by atoms with van der Waals surface area (Å²) in [6.07, 6.45) is 2.98. The molecule has 0 bridgehead atoms. The van der Waals surface area contributed by atoms with Crippen LogP contribution >= 0.6 is 0 Å². The molecule has 2 rings (SSSR count). The average Bonchev–Trinajstić information content (AvgIpc) is 2.50. The third kappa shape index (κ3) is 3.98. The minimum absolute atomic E-state index is 0.227. The molecule has 1 aromatic heterocycles. The Morgan fingerprint density at radius 1 is 1.24 bits per heavy atom. The number of carbonyl (C=O) groups excluding carboxylic acids is 1. The van der Waals surface area contributed by atoms with Gasteiger partial charge in [-0.1, -0.05) is 12.1 Å². The van der Waals surface area contributed by atoms with E-state index in [0.29, 0.717) is 12.4 Å². The van der Waals surface area contributed by atoms with E-state index in [1.807, 2.05) is 6.92 Å². The normalized spacial score (nSPS) is 10.2. The van der Waals surface area contributed by atoms with Crippen molar-refractivity contribution in [3.05, 3.63) is 53.7 Å². The second-order valence-electron chi connectivity index (χ2n) is 4.60.